The Morgan fingerprint density at radius 1 is 1.15 bits per heavy atom. The topological polar surface area (TPSA) is 54.0 Å². The Balaban J connectivity index is 1.25. The molecule has 1 amide bonds. The van der Waals surface area contributed by atoms with Gasteiger partial charge in [0.2, 0.25) is 5.91 Å². The second kappa shape index (κ2) is 9.77. The van der Waals surface area contributed by atoms with Gasteiger partial charge in [0.15, 0.2) is 17.3 Å². The first-order valence-electron chi connectivity index (χ1n) is 11.7. The van der Waals surface area contributed by atoms with Gasteiger partial charge in [-0.25, -0.2) is 4.39 Å². The molecular formula is C25H29ClFN3O3. The second-order valence-corrected chi connectivity index (χ2v) is 9.51. The average Bonchev–Trinajstić information content (AvgIpc) is 3.27. The Morgan fingerprint density at radius 2 is 1.94 bits per heavy atom. The van der Waals surface area contributed by atoms with Crippen molar-refractivity contribution in [3.05, 3.63) is 52.8 Å². The molecule has 3 aliphatic rings. The molecule has 6 nitrogen and oxygen atoms in total. The number of anilines is 1. The van der Waals surface area contributed by atoms with Crippen LogP contribution in [0.2, 0.25) is 5.02 Å². The number of likely N-dealkylation sites (tertiary alicyclic amines) is 1. The molecule has 33 heavy (non-hydrogen) atoms. The molecule has 176 valence electrons. The Bertz CT molecular complexity index is 999. The summed E-state index contributed by atoms with van der Waals surface area (Å²) in [5.41, 5.74) is 1.88. The van der Waals surface area contributed by atoms with Gasteiger partial charge >= 0.3 is 0 Å². The minimum absolute atomic E-state index is 0.0648. The number of ether oxygens (including phenoxy) is 2. The van der Waals surface area contributed by atoms with Gasteiger partial charge in [0, 0.05) is 36.4 Å². The molecule has 2 fully saturated rings. The zero-order valence-corrected chi connectivity index (χ0v) is 19.3. The molecule has 2 aromatic rings. The second-order valence-electron chi connectivity index (χ2n) is 9.07. The van der Waals surface area contributed by atoms with Crippen molar-refractivity contribution in [2.24, 2.45) is 5.92 Å². The first kappa shape index (κ1) is 22.3. The number of carbonyl (C=O) groups excluding carboxylic acids is 1. The largest absolute Gasteiger partial charge is 0.486 e. The van der Waals surface area contributed by atoms with E-state index in [1.165, 1.54) is 12.5 Å². The van der Waals surface area contributed by atoms with Gasteiger partial charge in [-0.1, -0.05) is 11.6 Å². The van der Waals surface area contributed by atoms with Crippen LogP contribution < -0.4 is 19.7 Å². The molecule has 0 aromatic heterocycles. The Labute approximate surface area is 198 Å². The maximum Gasteiger partial charge on any atom is 0.225 e. The van der Waals surface area contributed by atoms with Crippen LogP contribution in [-0.4, -0.2) is 62.8 Å². The van der Waals surface area contributed by atoms with Crippen molar-refractivity contribution in [1.82, 2.24) is 10.2 Å². The fraction of sp³-hybridized carbons (Fsp3) is 0.480. The van der Waals surface area contributed by atoms with E-state index in [0.717, 1.165) is 43.9 Å². The number of nitrogens with one attached hydrogen (secondary N) is 1. The molecule has 3 aliphatic heterocycles. The van der Waals surface area contributed by atoms with Gasteiger partial charge in [-0.2, -0.15) is 0 Å². The summed E-state index contributed by atoms with van der Waals surface area (Å²) in [4.78, 5) is 17.7. The molecule has 0 bridgehead atoms. The highest BCUT2D eigenvalue weighted by Gasteiger charge is 2.31. The van der Waals surface area contributed by atoms with Crippen molar-refractivity contribution in [2.75, 3.05) is 50.8 Å². The maximum atomic E-state index is 14.5. The van der Waals surface area contributed by atoms with Gasteiger partial charge in [-0.3, -0.25) is 4.79 Å². The molecule has 3 heterocycles. The van der Waals surface area contributed by atoms with Crippen LogP contribution >= 0.6 is 11.6 Å². The fourth-order valence-electron chi connectivity index (χ4n) is 4.78. The van der Waals surface area contributed by atoms with E-state index >= 15 is 0 Å². The van der Waals surface area contributed by atoms with Gasteiger partial charge in [0.05, 0.1) is 5.92 Å². The van der Waals surface area contributed by atoms with Crippen LogP contribution in [0, 0.1) is 11.7 Å². The SMILES string of the molecule is O=C(NC(Cc1cc(F)c2c(c1)OCCO2)CN1CCC1)[C@@H]1CCN(c2ccc(Cl)cc2)C1. The third kappa shape index (κ3) is 5.20. The third-order valence-electron chi connectivity index (χ3n) is 6.66. The highest BCUT2D eigenvalue weighted by molar-refractivity contribution is 6.30. The Kier molecular flexibility index (Phi) is 6.60. The highest BCUT2D eigenvalue weighted by atomic mass is 35.5. The smallest absolute Gasteiger partial charge is 0.225 e. The maximum absolute atomic E-state index is 14.5. The molecule has 0 saturated carbocycles. The van der Waals surface area contributed by atoms with Crippen LogP contribution in [0.15, 0.2) is 36.4 Å². The van der Waals surface area contributed by atoms with Gasteiger partial charge in [-0.05, 0) is 74.3 Å². The predicted molar refractivity (Wildman–Crippen MR) is 126 cm³/mol. The Hall–Kier alpha value is -2.51. The van der Waals surface area contributed by atoms with Gasteiger partial charge in [0.25, 0.3) is 0 Å². The average molecular weight is 474 g/mol. The summed E-state index contributed by atoms with van der Waals surface area (Å²) in [6, 6.07) is 11.0. The van der Waals surface area contributed by atoms with Crippen LogP contribution in [0.25, 0.3) is 0 Å². The van der Waals surface area contributed by atoms with Crippen LogP contribution in [0.5, 0.6) is 11.5 Å². The highest BCUT2D eigenvalue weighted by Crippen LogP contribution is 2.34. The molecule has 2 aromatic carbocycles. The molecule has 1 N–H and O–H groups in total. The van der Waals surface area contributed by atoms with E-state index in [2.05, 4.69) is 15.1 Å². The molecule has 0 aliphatic carbocycles. The molecule has 2 saturated heterocycles. The number of nitrogens with zero attached hydrogens (tertiary/aromatic N) is 2. The number of hydrogen-bond donors (Lipinski definition) is 1. The minimum atomic E-state index is -0.411. The number of benzene rings is 2. The van der Waals surface area contributed by atoms with Crippen LogP contribution in [-0.2, 0) is 11.2 Å². The molecule has 0 spiro atoms. The summed E-state index contributed by atoms with van der Waals surface area (Å²) < 4.78 is 25.5. The lowest BCUT2D eigenvalue weighted by atomic mass is 10.0. The van der Waals surface area contributed by atoms with E-state index in [1.54, 1.807) is 0 Å². The van der Waals surface area contributed by atoms with Crippen LogP contribution in [0.1, 0.15) is 18.4 Å². The number of rotatable bonds is 7. The van der Waals surface area contributed by atoms with E-state index in [1.807, 2.05) is 30.3 Å². The summed E-state index contributed by atoms with van der Waals surface area (Å²) in [5, 5.41) is 3.97. The number of halogens is 2. The predicted octanol–water partition coefficient (Wildman–Crippen LogP) is 3.51. The van der Waals surface area contributed by atoms with Gasteiger partial charge < -0.3 is 24.6 Å². The lowest BCUT2D eigenvalue weighted by Crippen LogP contribution is -2.50. The van der Waals surface area contributed by atoms with E-state index in [4.69, 9.17) is 21.1 Å². The van der Waals surface area contributed by atoms with Crippen molar-refractivity contribution < 1.29 is 18.7 Å². The molecule has 8 heteroatoms. The van der Waals surface area contributed by atoms with Crippen molar-refractivity contribution in [3.63, 3.8) is 0 Å². The lowest BCUT2D eigenvalue weighted by molar-refractivity contribution is -0.125. The van der Waals surface area contributed by atoms with Crippen molar-refractivity contribution >= 4 is 23.2 Å². The van der Waals surface area contributed by atoms with Crippen molar-refractivity contribution in [1.29, 1.82) is 0 Å². The summed E-state index contributed by atoms with van der Waals surface area (Å²) >= 11 is 6.00. The first-order valence-corrected chi connectivity index (χ1v) is 12.0. The normalized spacial score (nSPS) is 20.9. The van der Waals surface area contributed by atoms with Gasteiger partial charge in [-0.15, -0.1) is 0 Å². The van der Waals surface area contributed by atoms with E-state index < -0.39 is 5.82 Å². The van der Waals surface area contributed by atoms with Crippen molar-refractivity contribution in [3.8, 4) is 11.5 Å². The van der Waals surface area contributed by atoms with Crippen LogP contribution in [0.4, 0.5) is 10.1 Å². The molecule has 2 atom stereocenters. The quantitative estimate of drug-likeness (QED) is 0.667. The molecule has 1 unspecified atom stereocenters. The summed E-state index contributed by atoms with van der Waals surface area (Å²) in [6.45, 7) is 5.12. The van der Waals surface area contributed by atoms with Crippen molar-refractivity contribution in [2.45, 2.75) is 25.3 Å². The van der Waals surface area contributed by atoms with E-state index in [0.29, 0.717) is 37.0 Å². The minimum Gasteiger partial charge on any atom is -0.486 e. The summed E-state index contributed by atoms with van der Waals surface area (Å²) in [6.07, 6.45) is 2.53. The number of carbonyl (C=O) groups is 1. The standard InChI is InChI=1S/C25H29ClFN3O3/c26-19-2-4-21(5-3-19)30-9-6-18(15-30)25(31)28-20(16-29-7-1-8-29)12-17-13-22(27)24-23(14-17)32-10-11-33-24/h2-5,13-14,18,20H,1,6-12,15-16H2,(H,28,31)/t18-,20?/m1/s1. The number of amides is 1. The monoisotopic (exact) mass is 473 g/mol. The molecular weight excluding hydrogens is 445 g/mol. The summed E-state index contributed by atoms with van der Waals surface area (Å²) in [7, 11) is 0. The van der Waals surface area contributed by atoms with E-state index in [-0.39, 0.29) is 23.6 Å². The zero-order chi connectivity index (χ0) is 22.8. The van der Waals surface area contributed by atoms with Gasteiger partial charge in [0.1, 0.15) is 13.2 Å². The number of fused-ring (bicyclic) bond motifs is 1. The fourth-order valence-corrected chi connectivity index (χ4v) is 4.91. The number of hydrogen-bond acceptors (Lipinski definition) is 5. The van der Waals surface area contributed by atoms with Crippen LogP contribution in [0.3, 0.4) is 0 Å². The summed E-state index contributed by atoms with van der Waals surface area (Å²) in [5.74, 6) is 0.207. The lowest BCUT2D eigenvalue weighted by Gasteiger charge is -2.35. The molecule has 0 radical (unpaired) electrons. The zero-order valence-electron chi connectivity index (χ0n) is 18.6. The molecule has 5 rings (SSSR count). The van der Waals surface area contributed by atoms with E-state index in [9.17, 15) is 9.18 Å². The Morgan fingerprint density at radius 3 is 2.70 bits per heavy atom. The third-order valence-corrected chi connectivity index (χ3v) is 6.92. The first-order chi connectivity index (χ1) is 16.0.